The summed E-state index contributed by atoms with van der Waals surface area (Å²) in [5.41, 5.74) is 0. The topological polar surface area (TPSA) is 44.2 Å². The van der Waals surface area contributed by atoms with Gasteiger partial charge >= 0.3 is 0 Å². The number of rotatable bonds is 5. The van der Waals surface area contributed by atoms with Crippen LogP contribution in [0.15, 0.2) is 30.3 Å². The van der Waals surface area contributed by atoms with Gasteiger partial charge in [-0.05, 0) is 19.1 Å². The normalized spacial score (nSPS) is 10.5. The third-order valence-electron chi connectivity index (χ3n) is 2.20. The maximum absolute atomic E-state index is 6.01. The molecule has 0 aliphatic rings. The summed E-state index contributed by atoms with van der Waals surface area (Å²) in [5, 5.41) is 0.801. The second kappa shape index (κ2) is 6.70. The molecule has 0 saturated heterocycles. The minimum atomic E-state index is 0.288. The molecule has 1 heterocycles. The average molecular weight is 299 g/mol. The molecule has 4 nitrogen and oxygen atoms in total. The average Bonchev–Trinajstić information content (AvgIpc) is 2.38. The Hall–Kier alpha value is -1.36. The van der Waals surface area contributed by atoms with Gasteiger partial charge < -0.3 is 9.47 Å². The van der Waals surface area contributed by atoms with Gasteiger partial charge in [0.2, 0.25) is 5.88 Å². The highest BCUT2D eigenvalue weighted by molar-refractivity contribution is 6.32. The van der Waals surface area contributed by atoms with Crippen LogP contribution in [-0.4, -0.2) is 16.6 Å². The first-order valence-corrected chi connectivity index (χ1v) is 6.48. The highest BCUT2D eigenvalue weighted by Crippen LogP contribution is 2.28. The van der Waals surface area contributed by atoms with Crippen molar-refractivity contribution in [2.75, 3.05) is 6.61 Å². The van der Waals surface area contributed by atoms with Crippen LogP contribution < -0.4 is 4.74 Å². The molecule has 0 N–H and O–H groups in total. The third-order valence-corrected chi connectivity index (χ3v) is 2.71. The van der Waals surface area contributed by atoms with Gasteiger partial charge in [-0.15, -0.1) is 0 Å². The Morgan fingerprint density at radius 2 is 1.95 bits per heavy atom. The molecule has 0 amide bonds. The van der Waals surface area contributed by atoms with Crippen LogP contribution in [-0.2, 0) is 11.3 Å². The fraction of sp³-hybridized carbons (Fsp3) is 0.231. The SMILES string of the molecule is CCOCc1nc(Cl)cc(Oc2ccccc2Cl)n1. The van der Waals surface area contributed by atoms with Crippen LogP contribution in [0.25, 0.3) is 0 Å². The molecule has 0 aliphatic carbocycles. The zero-order chi connectivity index (χ0) is 13.7. The summed E-state index contributed by atoms with van der Waals surface area (Å²) in [5.74, 6) is 1.32. The summed E-state index contributed by atoms with van der Waals surface area (Å²) in [7, 11) is 0. The van der Waals surface area contributed by atoms with E-state index in [0.717, 1.165) is 0 Å². The molecule has 0 unspecified atom stereocenters. The number of nitrogens with zero attached hydrogens (tertiary/aromatic N) is 2. The number of benzene rings is 1. The minimum absolute atomic E-state index is 0.288. The van der Waals surface area contributed by atoms with E-state index in [1.165, 1.54) is 6.07 Å². The molecule has 0 fully saturated rings. The van der Waals surface area contributed by atoms with E-state index >= 15 is 0 Å². The van der Waals surface area contributed by atoms with Crippen LogP contribution in [0.3, 0.4) is 0 Å². The molecular weight excluding hydrogens is 287 g/mol. The molecule has 6 heteroatoms. The Labute approximate surface area is 121 Å². The van der Waals surface area contributed by atoms with Gasteiger partial charge in [0.1, 0.15) is 17.5 Å². The van der Waals surface area contributed by atoms with E-state index in [1.54, 1.807) is 12.1 Å². The monoisotopic (exact) mass is 298 g/mol. The van der Waals surface area contributed by atoms with Gasteiger partial charge in [-0.3, -0.25) is 0 Å². The molecule has 0 atom stereocenters. The fourth-order valence-electron chi connectivity index (χ4n) is 1.39. The van der Waals surface area contributed by atoms with Crippen molar-refractivity contribution in [1.82, 2.24) is 9.97 Å². The summed E-state index contributed by atoms with van der Waals surface area (Å²) in [6, 6.07) is 8.66. The largest absolute Gasteiger partial charge is 0.437 e. The Bertz CT molecular complexity index is 564. The molecule has 100 valence electrons. The Morgan fingerprint density at radius 1 is 1.16 bits per heavy atom. The zero-order valence-electron chi connectivity index (χ0n) is 10.3. The van der Waals surface area contributed by atoms with E-state index < -0.39 is 0 Å². The maximum atomic E-state index is 6.01. The predicted molar refractivity (Wildman–Crippen MR) is 73.9 cm³/mol. The first-order chi connectivity index (χ1) is 9.19. The summed E-state index contributed by atoms with van der Waals surface area (Å²) in [4.78, 5) is 8.26. The van der Waals surface area contributed by atoms with E-state index in [4.69, 9.17) is 32.7 Å². The lowest BCUT2D eigenvalue weighted by molar-refractivity contribution is 0.128. The lowest BCUT2D eigenvalue weighted by Crippen LogP contribution is -2.01. The van der Waals surface area contributed by atoms with Crippen molar-refractivity contribution >= 4 is 23.2 Å². The van der Waals surface area contributed by atoms with Crippen LogP contribution in [0.1, 0.15) is 12.7 Å². The van der Waals surface area contributed by atoms with Gasteiger partial charge in [0.25, 0.3) is 0 Å². The summed E-state index contributed by atoms with van der Waals surface area (Å²) >= 11 is 11.9. The van der Waals surface area contributed by atoms with Gasteiger partial charge in [0.15, 0.2) is 5.82 Å². The van der Waals surface area contributed by atoms with E-state index in [1.807, 2.05) is 19.1 Å². The Morgan fingerprint density at radius 3 is 2.68 bits per heavy atom. The van der Waals surface area contributed by atoms with Crippen molar-refractivity contribution in [1.29, 1.82) is 0 Å². The smallest absolute Gasteiger partial charge is 0.224 e. The van der Waals surface area contributed by atoms with Crippen LogP contribution in [0.4, 0.5) is 0 Å². The van der Waals surface area contributed by atoms with Crippen molar-refractivity contribution in [3.63, 3.8) is 0 Å². The molecule has 0 spiro atoms. The molecule has 2 aromatic rings. The van der Waals surface area contributed by atoms with Gasteiger partial charge in [0.05, 0.1) is 5.02 Å². The number of hydrogen-bond donors (Lipinski definition) is 0. The standard InChI is InChI=1S/C13H12Cl2N2O2/c1-2-18-8-12-16-11(15)7-13(17-12)19-10-6-4-3-5-9(10)14/h3-7H,2,8H2,1H3. The van der Waals surface area contributed by atoms with Gasteiger partial charge in [-0.2, -0.15) is 4.98 Å². The molecule has 19 heavy (non-hydrogen) atoms. The Balaban J connectivity index is 2.20. The Kier molecular flexibility index (Phi) is 4.96. The van der Waals surface area contributed by atoms with E-state index in [-0.39, 0.29) is 6.61 Å². The number of hydrogen-bond acceptors (Lipinski definition) is 4. The maximum Gasteiger partial charge on any atom is 0.224 e. The van der Waals surface area contributed by atoms with Gasteiger partial charge in [0, 0.05) is 12.7 Å². The lowest BCUT2D eigenvalue weighted by Gasteiger charge is -2.08. The summed E-state index contributed by atoms with van der Waals surface area (Å²) in [6.45, 7) is 2.76. The lowest BCUT2D eigenvalue weighted by atomic mass is 10.3. The number of aromatic nitrogens is 2. The highest BCUT2D eigenvalue weighted by Gasteiger charge is 2.07. The molecule has 0 saturated carbocycles. The predicted octanol–water partition coefficient (Wildman–Crippen LogP) is 4.11. The minimum Gasteiger partial charge on any atom is -0.437 e. The quantitative estimate of drug-likeness (QED) is 0.779. The van der Waals surface area contributed by atoms with Crippen molar-refractivity contribution < 1.29 is 9.47 Å². The number of halogens is 2. The van der Waals surface area contributed by atoms with Gasteiger partial charge in [-0.1, -0.05) is 35.3 Å². The first kappa shape index (κ1) is 14.1. The number of ether oxygens (including phenoxy) is 2. The van der Waals surface area contributed by atoms with Crippen LogP contribution in [0.2, 0.25) is 10.2 Å². The molecule has 0 bridgehead atoms. The van der Waals surface area contributed by atoms with Crippen molar-refractivity contribution in [2.24, 2.45) is 0 Å². The molecule has 2 rings (SSSR count). The van der Waals surface area contributed by atoms with E-state index in [9.17, 15) is 0 Å². The van der Waals surface area contributed by atoms with Crippen LogP contribution in [0.5, 0.6) is 11.6 Å². The summed E-state index contributed by atoms with van der Waals surface area (Å²) in [6.07, 6.45) is 0. The molecule has 0 radical (unpaired) electrons. The second-order valence-corrected chi connectivity index (χ2v) is 4.41. The van der Waals surface area contributed by atoms with Gasteiger partial charge in [-0.25, -0.2) is 4.98 Å². The van der Waals surface area contributed by atoms with E-state index in [2.05, 4.69) is 9.97 Å². The fourth-order valence-corrected chi connectivity index (χ4v) is 1.76. The second-order valence-electron chi connectivity index (χ2n) is 3.61. The highest BCUT2D eigenvalue weighted by atomic mass is 35.5. The van der Waals surface area contributed by atoms with E-state index in [0.29, 0.717) is 34.2 Å². The van der Waals surface area contributed by atoms with Crippen molar-refractivity contribution in [3.05, 3.63) is 46.3 Å². The van der Waals surface area contributed by atoms with Crippen LogP contribution >= 0.6 is 23.2 Å². The molecule has 1 aromatic carbocycles. The number of para-hydroxylation sites is 1. The molecule has 0 aliphatic heterocycles. The third kappa shape index (κ3) is 4.06. The molecule has 1 aromatic heterocycles. The first-order valence-electron chi connectivity index (χ1n) is 5.72. The van der Waals surface area contributed by atoms with Crippen molar-refractivity contribution in [2.45, 2.75) is 13.5 Å². The zero-order valence-corrected chi connectivity index (χ0v) is 11.8. The van der Waals surface area contributed by atoms with Crippen LogP contribution in [0, 0.1) is 0 Å². The molecular formula is C13H12Cl2N2O2. The summed E-state index contributed by atoms with van der Waals surface area (Å²) < 4.78 is 10.8. The van der Waals surface area contributed by atoms with Crippen molar-refractivity contribution in [3.8, 4) is 11.6 Å².